The molecule has 9 nitrogen and oxygen atoms in total. The Morgan fingerprint density at radius 3 is 2.64 bits per heavy atom. The van der Waals surface area contributed by atoms with Gasteiger partial charge in [0.25, 0.3) is 0 Å². The van der Waals surface area contributed by atoms with Gasteiger partial charge in [-0.05, 0) is 24.3 Å². The number of urea groups is 1. The maximum atomic E-state index is 12.0. The third kappa shape index (κ3) is 4.93. The lowest BCUT2D eigenvalue weighted by Gasteiger charge is -2.19. The number of carbonyl (C=O) groups excluding carboxylic acids is 1. The largest absolute Gasteiger partial charge is 0.497 e. The van der Waals surface area contributed by atoms with Crippen LogP contribution >= 0.6 is 0 Å². The van der Waals surface area contributed by atoms with E-state index in [1.165, 1.54) is 11.9 Å². The highest BCUT2D eigenvalue weighted by Gasteiger charge is 2.17. The summed E-state index contributed by atoms with van der Waals surface area (Å²) >= 11 is 0. The van der Waals surface area contributed by atoms with E-state index < -0.39 is 11.9 Å². The minimum Gasteiger partial charge on any atom is -0.497 e. The molecule has 1 aromatic carbocycles. The molecule has 1 atom stereocenters. The molecule has 25 heavy (non-hydrogen) atoms. The summed E-state index contributed by atoms with van der Waals surface area (Å²) in [4.78, 5) is 28.4. The number of methoxy groups -OCH3 is 1. The van der Waals surface area contributed by atoms with Crippen LogP contribution in [0.1, 0.15) is 12.7 Å². The Hall–Kier alpha value is -3.10. The van der Waals surface area contributed by atoms with Crippen LogP contribution in [-0.2, 0) is 11.3 Å². The van der Waals surface area contributed by atoms with Crippen LogP contribution in [0.2, 0.25) is 0 Å². The minimum atomic E-state index is -0.945. The molecule has 0 fully saturated rings. The van der Waals surface area contributed by atoms with E-state index in [-0.39, 0.29) is 19.1 Å². The van der Waals surface area contributed by atoms with Crippen LogP contribution in [0, 0.1) is 5.92 Å². The molecule has 0 bridgehead atoms. The molecule has 3 N–H and O–H groups in total. The van der Waals surface area contributed by atoms with Gasteiger partial charge in [0.15, 0.2) is 5.82 Å². The number of H-pyrrole nitrogens is 1. The number of nitrogens with zero attached hydrogens (tertiary/aromatic N) is 3. The molecule has 1 aromatic heterocycles. The van der Waals surface area contributed by atoms with Crippen molar-refractivity contribution < 1.29 is 19.4 Å². The topological polar surface area (TPSA) is 120 Å². The fraction of sp³-hybridized carbons (Fsp3) is 0.375. The molecular formula is C16H21N5O4. The summed E-state index contributed by atoms with van der Waals surface area (Å²) in [5.74, 6) is 0.172. The van der Waals surface area contributed by atoms with Crippen LogP contribution in [0.3, 0.4) is 0 Å². The van der Waals surface area contributed by atoms with Crippen molar-refractivity contribution in [1.82, 2.24) is 25.4 Å². The van der Waals surface area contributed by atoms with E-state index in [9.17, 15) is 9.59 Å². The van der Waals surface area contributed by atoms with E-state index in [0.717, 1.165) is 11.3 Å². The summed E-state index contributed by atoms with van der Waals surface area (Å²) in [5, 5.41) is 18.4. The number of aromatic nitrogens is 3. The molecule has 9 heteroatoms. The zero-order chi connectivity index (χ0) is 18.4. The van der Waals surface area contributed by atoms with Crippen molar-refractivity contribution in [2.24, 2.45) is 5.92 Å². The van der Waals surface area contributed by atoms with Crippen LogP contribution in [-0.4, -0.2) is 57.9 Å². The molecule has 0 saturated heterocycles. The Balaban J connectivity index is 1.90. The quantitative estimate of drug-likeness (QED) is 0.695. The molecule has 0 aliphatic rings. The summed E-state index contributed by atoms with van der Waals surface area (Å²) in [7, 11) is 3.13. The lowest BCUT2D eigenvalue weighted by molar-refractivity contribution is -0.141. The molecule has 0 aliphatic carbocycles. The number of nitrogens with one attached hydrogen (secondary N) is 2. The third-order valence-corrected chi connectivity index (χ3v) is 3.60. The van der Waals surface area contributed by atoms with E-state index in [1.54, 1.807) is 14.0 Å². The second-order valence-corrected chi connectivity index (χ2v) is 5.61. The third-order valence-electron chi connectivity index (χ3n) is 3.60. The van der Waals surface area contributed by atoms with Crippen LogP contribution in [0.15, 0.2) is 24.3 Å². The summed E-state index contributed by atoms with van der Waals surface area (Å²) in [6.07, 6.45) is 0. The summed E-state index contributed by atoms with van der Waals surface area (Å²) in [5.41, 5.74) is 0.821. The van der Waals surface area contributed by atoms with Crippen LogP contribution in [0.25, 0.3) is 11.4 Å². The van der Waals surface area contributed by atoms with Crippen molar-refractivity contribution in [3.05, 3.63) is 30.1 Å². The van der Waals surface area contributed by atoms with Gasteiger partial charge in [-0.1, -0.05) is 6.92 Å². The summed E-state index contributed by atoms with van der Waals surface area (Å²) in [6, 6.07) is 6.92. The number of carboxylic acids is 1. The van der Waals surface area contributed by atoms with Gasteiger partial charge in [0.1, 0.15) is 11.6 Å². The van der Waals surface area contributed by atoms with Crippen molar-refractivity contribution in [3.8, 4) is 17.1 Å². The van der Waals surface area contributed by atoms with E-state index in [0.29, 0.717) is 11.6 Å². The lowest BCUT2D eigenvalue weighted by Crippen LogP contribution is -2.40. The summed E-state index contributed by atoms with van der Waals surface area (Å²) in [6.45, 7) is 1.83. The molecule has 134 valence electrons. The van der Waals surface area contributed by atoms with Gasteiger partial charge in [0.2, 0.25) is 0 Å². The molecule has 2 aromatic rings. The first-order valence-electron chi connectivity index (χ1n) is 7.68. The van der Waals surface area contributed by atoms with Crippen molar-refractivity contribution in [2.75, 3.05) is 20.7 Å². The van der Waals surface area contributed by atoms with Gasteiger partial charge in [-0.25, -0.2) is 9.78 Å². The van der Waals surface area contributed by atoms with Crippen LogP contribution in [0.5, 0.6) is 5.75 Å². The van der Waals surface area contributed by atoms with Crippen molar-refractivity contribution in [2.45, 2.75) is 13.5 Å². The van der Waals surface area contributed by atoms with Gasteiger partial charge in [-0.2, -0.15) is 5.10 Å². The van der Waals surface area contributed by atoms with E-state index in [2.05, 4.69) is 20.5 Å². The minimum absolute atomic E-state index is 0.120. The second kappa shape index (κ2) is 8.13. The molecule has 2 rings (SSSR count). The predicted molar refractivity (Wildman–Crippen MR) is 90.0 cm³/mol. The number of carbonyl (C=O) groups is 2. The number of hydrogen-bond donors (Lipinski definition) is 3. The average molecular weight is 347 g/mol. The molecule has 0 spiro atoms. The van der Waals surface area contributed by atoms with Gasteiger partial charge in [-0.15, -0.1) is 0 Å². The predicted octanol–water partition coefficient (Wildman–Crippen LogP) is 1.34. The Bertz CT molecular complexity index is 728. The Morgan fingerprint density at radius 2 is 2.04 bits per heavy atom. The van der Waals surface area contributed by atoms with Crippen LogP contribution in [0.4, 0.5) is 4.79 Å². The number of ether oxygens (including phenoxy) is 1. The Labute approximate surface area is 145 Å². The highest BCUT2D eigenvalue weighted by molar-refractivity contribution is 5.75. The lowest BCUT2D eigenvalue weighted by atomic mass is 10.2. The number of benzene rings is 1. The van der Waals surface area contributed by atoms with Crippen molar-refractivity contribution in [1.29, 1.82) is 0 Å². The monoisotopic (exact) mass is 347 g/mol. The zero-order valence-corrected chi connectivity index (χ0v) is 14.3. The highest BCUT2D eigenvalue weighted by atomic mass is 16.5. The van der Waals surface area contributed by atoms with Gasteiger partial charge in [0.05, 0.1) is 19.6 Å². The average Bonchev–Trinajstić information content (AvgIpc) is 3.08. The second-order valence-electron chi connectivity index (χ2n) is 5.61. The number of hydrogen-bond acceptors (Lipinski definition) is 5. The zero-order valence-electron chi connectivity index (χ0n) is 14.3. The first-order chi connectivity index (χ1) is 11.9. The fourth-order valence-electron chi connectivity index (χ4n) is 2.11. The maximum absolute atomic E-state index is 12.0. The van der Waals surface area contributed by atoms with E-state index in [1.807, 2.05) is 24.3 Å². The van der Waals surface area contributed by atoms with Gasteiger partial charge < -0.3 is 20.1 Å². The SMILES string of the molecule is COc1ccc(-c2n[nH]c(CNC(=O)N(C)CC(C)C(=O)O)n2)cc1. The fourth-order valence-corrected chi connectivity index (χ4v) is 2.11. The molecule has 1 heterocycles. The molecule has 0 radical (unpaired) electrons. The van der Waals surface area contributed by atoms with Gasteiger partial charge in [-0.3, -0.25) is 9.89 Å². The van der Waals surface area contributed by atoms with E-state index in [4.69, 9.17) is 9.84 Å². The number of rotatable bonds is 7. The van der Waals surface area contributed by atoms with Crippen LogP contribution < -0.4 is 10.1 Å². The molecule has 1 unspecified atom stereocenters. The normalized spacial score (nSPS) is 11.6. The number of carboxylic acid groups (broad SMARTS) is 1. The van der Waals surface area contributed by atoms with E-state index >= 15 is 0 Å². The molecule has 0 saturated carbocycles. The Kier molecular flexibility index (Phi) is 5.93. The molecule has 2 amide bonds. The maximum Gasteiger partial charge on any atom is 0.317 e. The first kappa shape index (κ1) is 18.2. The first-order valence-corrected chi connectivity index (χ1v) is 7.68. The van der Waals surface area contributed by atoms with Gasteiger partial charge in [0, 0.05) is 19.2 Å². The smallest absolute Gasteiger partial charge is 0.317 e. The number of aliphatic carboxylic acids is 1. The van der Waals surface area contributed by atoms with Crippen molar-refractivity contribution in [3.63, 3.8) is 0 Å². The molecular weight excluding hydrogens is 326 g/mol. The molecule has 0 aliphatic heterocycles. The number of amides is 2. The number of aromatic amines is 1. The standard InChI is InChI=1S/C16H21N5O4/c1-10(15(22)23)9-21(2)16(24)17-8-13-18-14(20-19-13)11-4-6-12(25-3)7-5-11/h4-7,10H,8-9H2,1-3H3,(H,17,24)(H,22,23)(H,18,19,20). The van der Waals surface area contributed by atoms with Gasteiger partial charge >= 0.3 is 12.0 Å². The summed E-state index contributed by atoms with van der Waals surface area (Å²) < 4.78 is 5.10. The Morgan fingerprint density at radius 1 is 1.36 bits per heavy atom. The highest BCUT2D eigenvalue weighted by Crippen LogP contribution is 2.18. The van der Waals surface area contributed by atoms with Crippen molar-refractivity contribution >= 4 is 12.0 Å².